The van der Waals surface area contributed by atoms with Crippen molar-refractivity contribution >= 4 is 22.6 Å². The van der Waals surface area contributed by atoms with Crippen LogP contribution in [-0.4, -0.2) is 39.2 Å². The number of tetrazole rings is 1. The first-order valence-electron chi connectivity index (χ1n) is 11.8. The molecule has 190 valence electrons. The summed E-state index contributed by atoms with van der Waals surface area (Å²) in [4.78, 5) is 25.8. The minimum absolute atomic E-state index is 0.150. The molecule has 2 N–H and O–H groups in total. The van der Waals surface area contributed by atoms with Crippen molar-refractivity contribution in [1.82, 2.24) is 20.6 Å². The van der Waals surface area contributed by atoms with E-state index in [0.29, 0.717) is 42.0 Å². The van der Waals surface area contributed by atoms with Crippen LogP contribution in [0.5, 0.6) is 5.75 Å². The molecule has 38 heavy (non-hydrogen) atoms. The molecule has 1 aliphatic rings. The van der Waals surface area contributed by atoms with Crippen LogP contribution in [0.4, 0.5) is 10.1 Å². The normalized spacial score (nSPS) is 14.3. The molecule has 1 amide bonds. The van der Waals surface area contributed by atoms with Crippen LogP contribution in [-0.2, 0) is 17.8 Å². The Morgan fingerprint density at radius 1 is 1.13 bits per heavy atom. The number of fused-ring (bicyclic) bond motifs is 2. The van der Waals surface area contributed by atoms with Gasteiger partial charge in [0.15, 0.2) is 16.8 Å². The molecule has 3 heterocycles. The second-order valence-electron chi connectivity index (χ2n) is 8.77. The summed E-state index contributed by atoms with van der Waals surface area (Å²) in [5.41, 5.74) is 2.43. The van der Waals surface area contributed by atoms with Gasteiger partial charge in [0.1, 0.15) is 17.7 Å². The number of nitrogens with zero attached hydrogens (tertiary/aromatic N) is 3. The molecule has 2 aromatic heterocycles. The summed E-state index contributed by atoms with van der Waals surface area (Å²) < 4.78 is 30.6. The van der Waals surface area contributed by atoms with E-state index in [1.54, 1.807) is 48.5 Å². The van der Waals surface area contributed by atoms with Gasteiger partial charge in [-0.15, -0.1) is 5.10 Å². The van der Waals surface area contributed by atoms with Crippen molar-refractivity contribution < 1.29 is 23.1 Å². The molecule has 0 spiro atoms. The van der Waals surface area contributed by atoms with E-state index < -0.39 is 0 Å². The van der Waals surface area contributed by atoms with E-state index in [1.807, 2.05) is 0 Å². The zero-order valence-corrected chi connectivity index (χ0v) is 19.8. The molecule has 5 aromatic rings. The predicted molar refractivity (Wildman–Crippen MR) is 134 cm³/mol. The van der Waals surface area contributed by atoms with E-state index >= 15 is 0 Å². The number of nitrogens with one attached hydrogen (secondary N) is 2. The molecule has 0 saturated carbocycles. The Labute approximate surface area is 214 Å². The molecule has 6 rings (SSSR count). The number of aromatic amines is 1. The van der Waals surface area contributed by atoms with Gasteiger partial charge in [-0.2, -0.15) is 0 Å². The van der Waals surface area contributed by atoms with Gasteiger partial charge in [-0.3, -0.25) is 9.59 Å². The van der Waals surface area contributed by atoms with Crippen LogP contribution in [0.15, 0.2) is 75.9 Å². The van der Waals surface area contributed by atoms with Gasteiger partial charge < -0.3 is 19.2 Å². The van der Waals surface area contributed by atoms with E-state index in [-0.39, 0.29) is 40.4 Å². The number of carbonyl (C=O) groups is 1. The molecule has 0 radical (unpaired) electrons. The number of carbonyl (C=O) groups excluding carboxylic acids is 1. The molecule has 0 fully saturated rings. The van der Waals surface area contributed by atoms with Gasteiger partial charge in [0.2, 0.25) is 5.82 Å². The van der Waals surface area contributed by atoms with Crippen molar-refractivity contribution in [2.24, 2.45) is 0 Å². The number of amides is 1. The monoisotopic (exact) mass is 513 g/mol. The van der Waals surface area contributed by atoms with Gasteiger partial charge in [-0.25, -0.2) is 9.49 Å². The molecule has 10 nitrogen and oxygen atoms in total. The first-order valence-corrected chi connectivity index (χ1v) is 11.8. The van der Waals surface area contributed by atoms with Gasteiger partial charge in [0, 0.05) is 18.1 Å². The molecule has 1 aliphatic heterocycles. The van der Waals surface area contributed by atoms with Crippen molar-refractivity contribution in [3.63, 3.8) is 0 Å². The highest BCUT2D eigenvalue weighted by Gasteiger charge is 2.24. The molecule has 1 unspecified atom stereocenters. The number of hydrogen-bond acceptors (Lipinski definition) is 8. The Morgan fingerprint density at radius 3 is 2.82 bits per heavy atom. The van der Waals surface area contributed by atoms with E-state index in [2.05, 4.69) is 25.9 Å². The predicted octanol–water partition coefficient (Wildman–Crippen LogP) is 3.88. The summed E-state index contributed by atoms with van der Waals surface area (Å²) in [6, 6.07) is 17.6. The quantitative estimate of drug-likeness (QED) is 0.335. The van der Waals surface area contributed by atoms with E-state index in [1.165, 1.54) is 18.2 Å². The Balaban J connectivity index is 1.15. The number of aromatic nitrogens is 4. The van der Waals surface area contributed by atoms with Crippen LogP contribution in [0.1, 0.15) is 21.5 Å². The molecule has 0 bridgehead atoms. The van der Waals surface area contributed by atoms with Crippen LogP contribution < -0.4 is 15.5 Å². The third-order valence-corrected chi connectivity index (χ3v) is 6.13. The molecule has 0 saturated heterocycles. The minimum atomic E-state index is -0.370. The maximum Gasteiger partial charge on any atom is 0.255 e. The van der Waals surface area contributed by atoms with E-state index in [0.717, 1.165) is 11.1 Å². The van der Waals surface area contributed by atoms with Crippen LogP contribution >= 0.6 is 0 Å². The topological polar surface area (TPSA) is 132 Å². The van der Waals surface area contributed by atoms with Crippen molar-refractivity contribution in [3.05, 3.63) is 99.5 Å². The Kier molecular flexibility index (Phi) is 6.10. The fourth-order valence-corrected chi connectivity index (χ4v) is 4.29. The summed E-state index contributed by atoms with van der Waals surface area (Å²) >= 11 is 0. The standard InChI is InChI=1S/C27H20FN5O5/c28-18-7-4-15(5-8-18)13-36-14-19-11-17-10-16(6-9-23(17)37-19)27(35)29-21-3-1-2-20-22(34)12-24(38-25(20)21)26-30-32-33-31-26/h1-10,12,19H,11,13-14H2,(H,29,35)(H,30,31,32,33). The molecular weight excluding hydrogens is 493 g/mol. The zero-order chi connectivity index (χ0) is 26.1. The van der Waals surface area contributed by atoms with Crippen LogP contribution in [0, 0.1) is 5.82 Å². The average molecular weight is 513 g/mol. The second kappa shape index (κ2) is 9.87. The van der Waals surface area contributed by atoms with E-state index in [4.69, 9.17) is 13.9 Å². The number of halogens is 1. The summed E-state index contributed by atoms with van der Waals surface area (Å²) in [6.07, 6.45) is 0.387. The van der Waals surface area contributed by atoms with Crippen LogP contribution in [0.3, 0.4) is 0 Å². The Bertz CT molecular complexity index is 1690. The van der Waals surface area contributed by atoms with Crippen LogP contribution in [0.2, 0.25) is 0 Å². The third kappa shape index (κ3) is 4.74. The second-order valence-corrected chi connectivity index (χ2v) is 8.77. The van der Waals surface area contributed by atoms with E-state index in [9.17, 15) is 14.0 Å². The first kappa shape index (κ1) is 23.5. The zero-order valence-electron chi connectivity index (χ0n) is 19.8. The highest BCUT2D eigenvalue weighted by Crippen LogP contribution is 2.31. The summed E-state index contributed by atoms with van der Waals surface area (Å²) in [5.74, 6) is 0.377. The SMILES string of the molecule is O=C(Nc1cccc2c(=O)cc(-c3nnn[nH]3)oc12)c1ccc2c(c1)CC(COCc1ccc(F)cc1)O2. The minimum Gasteiger partial charge on any atom is -0.487 e. The lowest BCUT2D eigenvalue weighted by atomic mass is 10.1. The highest BCUT2D eigenvalue weighted by atomic mass is 19.1. The van der Waals surface area contributed by atoms with Crippen molar-refractivity contribution in [1.29, 1.82) is 0 Å². The van der Waals surface area contributed by atoms with Gasteiger partial charge in [-0.1, -0.05) is 18.2 Å². The Morgan fingerprint density at radius 2 is 2.00 bits per heavy atom. The fraction of sp³-hybridized carbons (Fsp3) is 0.148. The molecule has 0 aliphatic carbocycles. The molecule has 1 atom stereocenters. The number of benzene rings is 3. The van der Waals surface area contributed by atoms with Gasteiger partial charge >= 0.3 is 0 Å². The first-order chi connectivity index (χ1) is 18.5. The van der Waals surface area contributed by atoms with Crippen molar-refractivity contribution in [3.8, 4) is 17.3 Å². The number of rotatable bonds is 7. The number of anilines is 1. The lowest BCUT2D eigenvalue weighted by molar-refractivity contribution is 0.0510. The Hall–Kier alpha value is -4.90. The van der Waals surface area contributed by atoms with Gasteiger partial charge in [0.25, 0.3) is 5.91 Å². The maximum atomic E-state index is 13.1. The molecule has 11 heteroatoms. The number of ether oxygens (including phenoxy) is 2. The lowest BCUT2D eigenvalue weighted by Crippen LogP contribution is -2.20. The number of para-hydroxylation sites is 1. The van der Waals surface area contributed by atoms with Crippen molar-refractivity contribution in [2.75, 3.05) is 11.9 Å². The van der Waals surface area contributed by atoms with Gasteiger partial charge in [-0.05, 0) is 64.0 Å². The number of H-pyrrole nitrogens is 1. The van der Waals surface area contributed by atoms with Crippen LogP contribution in [0.25, 0.3) is 22.6 Å². The maximum absolute atomic E-state index is 13.1. The van der Waals surface area contributed by atoms with Crippen molar-refractivity contribution in [2.45, 2.75) is 19.1 Å². The lowest BCUT2D eigenvalue weighted by Gasteiger charge is -2.11. The summed E-state index contributed by atoms with van der Waals surface area (Å²) in [6.45, 7) is 0.700. The summed E-state index contributed by atoms with van der Waals surface area (Å²) in [5, 5.41) is 16.5. The van der Waals surface area contributed by atoms with Gasteiger partial charge in [0.05, 0.1) is 24.3 Å². The highest BCUT2D eigenvalue weighted by molar-refractivity contribution is 6.08. The average Bonchev–Trinajstić information content (AvgIpc) is 3.60. The molecule has 3 aromatic carbocycles. The third-order valence-electron chi connectivity index (χ3n) is 6.13. The smallest absolute Gasteiger partial charge is 0.255 e. The molecular formula is C27H20FN5O5. The summed E-state index contributed by atoms with van der Waals surface area (Å²) in [7, 11) is 0. The largest absolute Gasteiger partial charge is 0.487 e. The fourth-order valence-electron chi connectivity index (χ4n) is 4.29. The number of hydrogen-bond donors (Lipinski definition) is 2.